The number of amides is 3. The number of anilines is 1. The fourth-order valence-corrected chi connectivity index (χ4v) is 2.27. The number of nitrogens with two attached hydrogens (primary N) is 1. The van der Waals surface area contributed by atoms with Crippen molar-refractivity contribution in [3.63, 3.8) is 0 Å². The van der Waals surface area contributed by atoms with Crippen LogP contribution in [0.5, 0.6) is 0 Å². The summed E-state index contributed by atoms with van der Waals surface area (Å²) in [5.74, 6) is -0.537. The highest BCUT2D eigenvalue weighted by Gasteiger charge is 2.13. The number of rotatable bonds is 4. The van der Waals surface area contributed by atoms with Crippen LogP contribution in [0.25, 0.3) is 0 Å². The van der Waals surface area contributed by atoms with Crippen LogP contribution in [0.15, 0.2) is 42.5 Å². The van der Waals surface area contributed by atoms with Crippen LogP contribution in [0.4, 0.5) is 10.5 Å². The SMILES string of the molecule is Cc1ccc(C(N)=O)cc1NC(=O)N(C)Cc1ccccc1Cl. The highest BCUT2D eigenvalue weighted by Crippen LogP contribution is 2.19. The topological polar surface area (TPSA) is 75.4 Å². The molecule has 2 aromatic carbocycles. The fraction of sp³-hybridized carbons (Fsp3) is 0.176. The molecule has 0 aliphatic heterocycles. The predicted molar refractivity (Wildman–Crippen MR) is 91.6 cm³/mol. The Balaban J connectivity index is 2.11. The number of nitrogens with one attached hydrogen (secondary N) is 1. The molecule has 0 aliphatic rings. The molecular formula is C17H18ClN3O2. The number of carbonyl (C=O) groups excluding carboxylic acids is 2. The Morgan fingerprint density at radius 2 is 1.91 bits per heavy atom. The number of nitrogens with zero attached hydrogens (tertiary/aromatic N) is 1. The Morgan fingerprint density at radius 3 is 2.57 bits per heavy atom. The quantitative estimate of drug-likeness (QED) is 0.900. The van der Waals surface area contributed by atoms with Gasteiger partial charge in [-0.25, -0.2) is 4.79 Å². The van der Waals surface area contributed by atoms with Gasteiger partial charge in [-0.15, -0.1) is 0 Å². The largest absolute Gasteiger partial charge is 0.366 e. The van der Waals surface area contributed by atoms with E-state index in [0.29, 0.717) is 22.8 Å². The average molecular weight is 332 g/mol. The minimum atomic E-state index is -0.537. The maximum Gasteiger partial charge on any atom is 0.321 e. The maximum atomic E-state index is 12.3. The monoisotopic (exact) mass is 331 g/mol. The van der Waals surface area contributed by atoms with E-state index < -0.39 is 5.91 Å². The molecule has 0 aliphatic carbocycles. The highest BCUT2D eigenvalue weighted by molar-refractivity contribution is 6.31. The molecule has 0 fully saturated rings. The molecule has 120 valence electrons. The third-order valence-corrected chi connectivity index (χ3v) is 3.84. The molecular weight excluding hydrogens is 314 g/mol. The van der Waals surface area contributed by atoms with Gasteiger partial charge in [0.2, 0.25) is 5.91 Å². The second kappa shape index (κ2) is 7.15. The zero-order chi connectivity index (χ0) is 17.0. The van der Waals surface area contributed by atoms with Crippen molar-refractivity contribution >= 4 is 29.2 Å². The van der Waals surface area contributed by atoms with Crippen molar-refractivity contribution in [2.45, 2.75) is 13.5 Å². The first-order chi connectivity index (χ1) is 10.9. The molecule has 3 amide bonds. The number of aryl methyl sites for hydroxylation is 1. The lowest BCUT2D eigenvalue weighted by molar-refractivity contribution is 0.1000. The van der Waals surface area contributed by atoms with E-state index in [0.717, 1.165) is 11.1 Å². The Labute approximate surface area is 140 Å². The van der Waals surface area contributed by atoms with Crippen LogP contribution in [0.2, 0.25) is 5.02 Å². The van der Waals surface area contributed by atoms with Gasteiger partial charge in [-0.3, -0.25) is 4.79 Å². The summed E-state index contributed by atoms with van der Waals surface area (Å²) in [5, 5.41) is 3.39. The Kier molecular flexibility index (Phi) is 5.24. The minimum absolute atomic E-state index is 0.297. The van der Waals surface area contributed by atoms with E-state index in [-0.39, 0.29) is 6.03 Å². The summed E-state index contributed by atoms with van der Waals surface area (Å²) in [4.78, 5) is 25.1. The first-order valence-electron chi connectivity index (χ1n) is 7.04. The van der Waals surface area contributed by atoms with Gasteiger partial charge in [-0.1, -0.05) is 35.9 Å². The number of carbonyl (C=O) groups is 2. The molecule has 23 heavy (non-hydrogen) atoms. The first kappa shape index (κ1) is 16.8. The van der Waals surface area contributed by atoms with Crippen molar-refractivity contribution < 1.29 is 9.59 Å². The molecule has 0 aromatic heterocycles. The number of urea groups is 1. The normalized spacial score (nSPS) is 10.2. The highest BCUT2D eigenvalue weighted by atomic mass is 35.5. The fourth-order valence-electron chi connectivity index (χ4n) is 2.07. The number of primary amides is 1. The van der Waals surface area contributed by atoms with Crippen molar-refractivity contribution in [2.75, 3.05) is 12.4 Å². The van der Waals surface area contributed by atoms with Crippen molar-refractivity contribution in [3.8, 4) is 0 Å². The number of hydrogen-bond acceptors (Lipinski definition) is 2. The zero-order valence-electron chi connectivity index (χ0n) is 13.0. The summed E-state index contributed by atoms with van der Waals surface area (Å²) >= 11 is 6.10. The Hall–Kier alpha value is -2.53. The van der Waals surface area contributed by atoms with Crippen molar-refractivity contribution in [1.29, 1.82) is 0 Å². The average Bonchev–Trinajstić information content (AvgIpc) is 2.51. The molecule has 3 N–H and O–H groups in total. The maximum absolute atomic E-state index is 12.3. The minimum Gasteiger partial charge on any atom is -0.366 e. The molecule has 0 radical (unpaired) electrons. The van der Waals surface area contributed by atoms with Gasteiger partial charge >= 0.3 is 6.03 Å². The molecule has 0 saturated carbocycles. The van der Waals surface area contributed by atoms with Crippen LogP contribution in [-0.4, -0.2) is 23.9 Å². The van der Waals surface area contributed by atoms with Gasteiger partial charge in [0.15, 0.2) is 0 Å². The Morgan fingerprint density at radius 1 is 1.22 bits per heavy atom. The van der Waals surface area contributed by atoms with Crippen molar-refractivity contribution in [3.05, 3.63) is 64.2 Å². The van der Waals surface area contributed by atoms with Gasteiger partial charge in [0.25, 0.3) is 0 Å². The molecule has 0 unspecified atom stereocenters. The second-order valence-corrected chi connectivity index (χ2v) is 5.68. The molecule has 6 heteroatoms. The second-order valence-electron chi connectivity index (χ2n) is 5.27. The van der Waals surface area contributed by atoms with E-state index in [2.05, 4.69) is 5.32 Å². The van der Waals surface area contributed by atoms with E-state index in [1.165, 1.54) is 4.90 Å². The van der Waals surface area contributed by atoms with Crippen LogP contribution in [0.1, 0.15) is 21.5 Å². The van der Waals surface area contributed by atoms with Crippen molar-refractivity contribution in [1.82, 2.24) is 4.90 Å². The van der Waals surface area contributed by atoms with Gasteiger partial charge < -0.3 is 16.0 Å². The van der Waals surface area contributed by atoms with Gasteiger partial charge in [0.05, 0.1) is 0 Å². The molecule has 0 saturated heterocycles. The van der Waals surface area contributed by atoms with Crippen LogP contribution in [0, 0.1) is 6.92 Å². The smallest absolute Gasteiger partial charge is 0.321 e. The van der Waals surface area contributed by atoms with Gasteiger partial charge in [0, 0.05) is 29.9 Å². The lowest BCUT2D eigenvalue weighted by atomic mass is 10.1. The molecule has 0 heterocycles. The van der Waals surface area contributed by atoms with Crippen LogP contribution in [0.3, 0.4) is 0 Å². The van der Waals surface area contributed by atoms with E-state index in [9.17, 15) is 9.59 Å². The molecule has 0 spiro atoms. The molecule has 2 aromatic rings. The zero-order valence-corrected chi connectivity index (χ0v) is 13.7. The molecule has 0 bridgehead atoms. The van der Waals surface area contributed by atoms with Gasteiger partial charge in [-0.05, 0) is 36.2 Å². The molecule has 2 rings (SSSR count). The summed E-state index contributed by atoms with van der Waals surface area (Å²) in [5.41, 5.74) is 7.86. The van der Waals surface area contributed by atoms with E-state index in [4.69, 9.17) is 17.3 Å². The van der Waals surface area contributed by atoms with Crippen LogP contribution < -0.4 is 11.1 Å². The van der Waals surface area contributed by atoms with E-state index >= 15 is 0 Å². The summed E-state index contributed by atoms with van der Waals surface area (Å²) in [6.45, 7) is 2.22. The summed E-state index contributed by atoms with van der Waals surface area (Å²) in [6, 6.07) is 12.0. The number of benzene rings is 2. The lowest BCUT2D eigenvalue weighted by Gasteiger charge is -2.19. The van der Waals surface area contributed by atoms with Gasteiger partial charge in [0.1, 0.15) is 0 Å². The van der Waals surface area contributed by atoms with E-state index in [1.807, 2.05) is 25.1 Å². The Bertz CT molecular complexity index is 746. The molecule has 5 nitrogen and oxygen atoms in total. The molecule has 0 atom stereocenters. The van der Waals surface area contributed by atoms with Crippen LogP contribution >= 0.6 is 11.6 Å². The van der Waals surface area contributed by atoms with E-state index in [1.54, 1.807) is 31.3 Å². The van der Waals surface area contributed by atoms with Crippen LogP contribution in [-0.2, 0) is 6.54 Å². The summed E-state index contributed by atoms with van der Waals surface area (Å²) in [7, 11) is 1.67. The van der Waals surface area contributed by atoms with Gasteiger partial charge in [-0.2, -0.15) is 0 Å². The predicted octanol–water partition coefficient (Wildman–Crippen LogP) is 3.41. The third kappa shape index (κ3) is 4.23. The lowest BCUT2D eigenvalue weighted by Crippen LogP contribution is -2.31. The summed E-state index contributed by atoms with van der Waals surface area (Å²) in [6.07, 6.45) is 0. The summed E-state index contributed by atoms with van der Waals surface area (Å²) < 4.78 is 0. The number of halogens is 1. The third-order valence-electron chi connectivity index (χ3n) is 3.48. The number of hydrogen-bond donors (Lipinski definition) is 2. The standard InChI is InChI=1S/C17H18ClN3O2/c1-11-7-8-12(16(19)22)9-15(11)20-17(23)21(2)10-13-5-3-4-6-14(13)18/h3-9H,10H2,1-2H3,(H2,19,22)(H,20,23). The first-order valence-corrected chi connectivity index (χ1v) is 7.42. The van der Waals surface area contributed by atoms with Crippen molar-refractivity contribution in [2.24, 2.45) is 5.73 Å².